The molecule has 4 rings (SSSR count). The first-order valence-electron chi connectivity index (χ1n) is 15.3. The summed E-state index contributed by atoms with van der Waals surface area (Å²) in [7, 11) is 0. The van der Waals surface area contributed by atoms with Crippen LogP contribution in [0.25, 0.3) is 0 Å². The molecule has 0 aromatic heterocycles. The molecule has 1 amide bonds. The second kappa shape index (κ2) is 15.3. The Kier molecular flexibility index (Phi) is 12.5. The van der Waals surface area contributed by atoms with Gasteiger partial charge in [0, 0.05) is 31.6 Å². The summed E-state index contributed by atoms with van der Waals surface area (Å²) in [4.78, 5) is 12.9. The molecule has 0 spiro atoms. The summed E-state index contributed by atoms with van der Waals surface area (Å²) in [5.74, 6) is -0.812. The number of hydrogen-bond acceptors (Lipinski definition) is 18. The van der Waals surface area contributed by atoms with E-state index in [1.165, 1.54) is 0 Å². The zero-order chi connectivity index (χ0) is 33.2. The molecule has 2 saturated carbocycles. The van der Waals surface area contributed by atoms with E-state index in [9.17, 15) is 40.5 Å². The van der Waals surface area contributed by atoms with Crippen molar-refractivity contribution in [2.75, 3.05) is 26.2 Å². The molecule has 2 aliphatic carbocycles. The maximum Gasteiger partial charge on any atom is 0.253 e. The third-order valence-corrected chi connectivity index (χ3v) is 9.14. The Balaban J connectivity index is 1.56. The number of carbonyl (C=O) groups is 1. The third kappa shape index (κ3) is 8.09. The zero-order valence-corrected chi connectivity index (χ0v) is 25.0. The smallest absolute Gasteiger partial charge is 0.253 e. The number of aliphatic hydroxyl groups is 7. The number of hydrogen-bond donors (Lipinski definition) is 14. The van der Waals surface area contributed by atoms with Gasteiger partial charge in [0.05, 0.1) is 43.0 Å². The summed E-state index contributed by atoms with van der Waals surface area (Å²) < 4.78 is 23.7. The summed E-state index contributed by atoms with van der Waals surface area (Å²) in [5.41, 5.74) is 27.6. The molecule has 4 fully saturated rings. The van der Waals surface area contributed by atoms with Crippen LogP contribution in [0.3, 0.4) is 0 Å². The Labute approximate surface area is 260 Å². The second-order valence-electron chi connectivity index (χ2n) is 12.5. The molecule has 19 N–H and O–H groups in total. The van der Waals surface area contributed by atoms with Crippen LogP contribution in [0.15, 0.2) is 0 Å². The van der Waals surface area contributed by atoms with Gasteiger partial charge in [-0.15, -0.1) is 0 Å². The molecular formula is C26H51N7O12. The lowest BCUT2D eigenvalue weighted by molar-refractivity contribution is -0.316. The molecule has 262 valence electrons. The van der Waals surface area contributed by atoms with Gasteiger partial charge in [-0.25, -0.2) is 0 Å². The lowest BCUT2D eigenvalue weighted by Crippen LogP contribution is -2.69. The van der Waals surface area contributed by atoms with Gasteiger partial charge in [0.25, 0.3) is 5.91 Å². The first-order valence-corrected chi connectivity index (χ1v) is 15.3. The van der Waals surface area contributed by atoms with Crippen molar-refractivity contribution in [3.63, 3.8) is 0 Å². The van der Waals surface area contributed by atoms with Crippen LogP contribution < -0.4 is 39.3 Å². The Bertz CT molecular complexity index is 975. The molecule has 0 aromatic carbocycles. The van der Waals surface area contributed by atoms with Gasteiger partial charge in [-0.2, -0.15) is 0 Å². The van der Waals surface area contributed by atoms with Gasteiger partial charge in [-0.3, -0.25) is 4.79 Å². The average Bonchev–Trinajstić information content (AvgIpc) is 3.63. The molecule has 19 nitrogen and oxygen atoms in total. The van der Waals surface area contributed by atoms with Crippen molar-refractivity contribution in [2.24, 2.45) is 28.7 Å². The Hall–Kier alpha value is -1.21. The van der Waals surface area contributed by atoms with Crippen molar-refractivity contribution >= 4 is 5.91 Å². The molecule has 2 saturated heterocycles. The first-order chi connectivity index (χ1) is 21.2. The average molecular weight is 654 g/mol. The number of ether oxygens (including phenoxy) is 4. The Morgan fingerprint density at radius 3 is 2.18 bits per heavy atom. The van der Waals surface area contributed by atoms with Crippen LogP contribution in [-0.4, -0.2) is 171 Å². The highest BCUT2D eigenvalue weighted by molar-refractivity contribution is 5.89. The van der Waals surface area contributed by atoms with Crippen molar-refractivity contribution in [3.8, 4) is 0 Å². The second-order valence-corrected chi connectivity index (χ2v) is 12.5. The topological polar surface area (TPSA) is 350 Å². The maximum atomic E-state index is 12.9. The fraction of sp³-hybridized carbons (Fsp3) is 0.962. The molecule has 2 heterocycles. The van der Waals surface area contributed by atoms with Crippen LogP contribution in [0.4, 0.5) is 0 Å². The largest absolute Gasteiger partial charge is 0.394 e. The highest BCUT2D eigenvalue weighted by atomic mass is 16.7. The van der Waals surface area contributed by atoms with Crippen molar-refractivity contribution in [2.45, 2.75) is 129 Å². The molecule has 19 heteroatoms. The molecule has 0 radical (unpaired) electrons. The van der Waals surface area contributed by atoms with E-state index in [4.69, 9.17) is 47.6 Å². The minimum Gasteiger partial charge on any atom is -0.394 e. The minimum atomic E-state index is -1.82. The molecule has 45 heavy (non-hydrogen) atoms. The van der Waals surface area contributed by atoms with Crippen LogP contribution in [0, 0.1) is 0 Å². The van der Waals surface area contributed by atoms with Crippen molar-refractivity contribution in [1.29, 1.82) is 0 Å². The standard InChI is InChI=1S/C26H51N7O12/c27-2-1-9(35)7-32-12-4-13(36)14(6-28)42-23(12)44-21-10(29)3-11(33-25(40)26(41)5-16(26)30)22(20(21)39)45-24-19(38)17(31)18(37)15(8-34)43-24/h9-24,32,34-39,41H,1-8,27-31H2,(H,33,40)/t9?,10-,11+,12+,13-,14+,15+,16?,17-,18+,19+,20-,21+,22-,23+,24+,26?/m0/s1. The molecule has 0 bridgehead atoms. The summed E-state index contributed by atoms with van der Waals surface area (Å²) in [6, 6.07) is -4.76. The molecule has 2 aliphatic heterocycles. The monoisotopic (exact) mass is 653 g/mol. The van der Waals surface area contributed by atoms with Crippen molar-refractivity contribution in [1.82, 2.24) is 10.6 Å². The zero-order valence-electron chi connectivity index (χ0n) is 25.0. The van der Waals surface area contributed by atoms with Gasteiger partial charge in [-0.05, 0) is 25.8 Å². The van der Waals surface area contributed by atoms with Crippen LogP contribution in [0.2, 0.25) is 0 Å². The summed E-state index contributed by atoms with van der Waals surface area (Å²) in [5, 5.41) is 79.2. The third-order valence-electron chi connectivity index (χ3n) is 9.14. The molecule has 17 atom stereocenters. The van der Waals surface area contributed by atoms with E-state index < -0.39 is 116 Å². The summed E-state index contributed by atoms with van der Waals surface area (Å²) in [6.07, 6.45) is -13.3. The molecule has 0 aromatic rings. The van der Waals surface area contributed by atoms with Crippen LogP contribution >= 0.6 is 0 Å². The lowest BCUT2D eigenvalue weighted by atomic mass is 9.83. The van der Waals surface area contributed by atoms with Crippen molar-refractivity contribution in [3.05, 3.63) is 0 Å². The fourth-order valence-corrected chi connectivity index (χ4v) is 6.09. The van der Waals surface area contributed by atoms with Crippen LogP contribution in [0.5, 0.6) is 0 Å². The number of nitrogens with one attached hydrogen (secondary N) is 2. The van der Waals surface area contributed by atoms with Gasteiger partial charge in [0.15, 0.2) is 18.2 Å². The van der Waals surface area contributed by atoms with E-state index in [0.717, 1.165) is 0 Å². The van der Waals surface area contributed by atoms with E-state index >= 15 is 0 Å². The van der Waals surface area contributed by atoms with Gasteiger partial charge in [0.2, 0.25) is 0 Å². The minimum absolute atomic E-state index is 0.0222. The maximum absolute atomic E-state index is 12.9. The molecule has 3 unspecified atom stereocenters. The van der Waals surface area contributed by atoms with Crippen LogP contribution in [-0.2, 0) is 23.7 Å². The number of amides is 1. The van der Waals surface area contributed by atoms with Crippen molar-refractivity contribution < 1.29 is 59.5 Å². The quantitative estimate of drug-likeness (QED) is 0.0877. The summed E-state index contributed by atoms with van der Waals surface area (Å²) >= 11 is 0. The lowest BCUT2D eigenvalue weighted by Gasteiger charge is -2.49. The van der Waals surface area contributed by atoms with E-state index in [0.29, 0.717) is 6.42 Å². The highest BCUT2D eigenvalue weighted by Gasteiger charge is 2.59. The predicted octanol–water partition coefficient (Wildman–Crippen LogP) is -8.34. The van der Waals surface area contributed by atoms with E-state index in [1.807, 2.05) is 0 Å². The first kappa shape index (κ1) is 36.6. The van der Waals surface area contributed by atoms with Crippen LogP contribution in [0.1, 0.15) is 25.7 Å². The predicted molar refractivity (Wildman–Crippen MR) is 153 cm³/mol. The molecular weight excluding hydrogens is 602 g/mol. The normalized spacial score (nSPS) is 47.7. The van der Waals surface area contributed by atoms with Gasteiger partial charge >= 0.3 is 0 Å². The summed E-state index contributed by atoms with van der Waals surface area (Å²) in [6.45, 7) is -0.333. The SMILES string of the molecule is NCCC(O)CN[C@@H]1C[C@H](O)[C@@H](CN)O[C@@H]1O[C@H]1[C@H](O)[C@@H](O[C@H]2O[C@H](CO)[C@@H](O)[C@H](N)[C@H]2O)[C@H](NC(=O)C2(O)CC2N)C[C@@H]1N. The Morgan fingerprint density at radius 1 is 0.933 bits per heavy atom. The van der Waals surface area contributed by atoms with Gasteiger partial charge < -0.3 is 94.0 Å². The fourth-order valence-electron chi connectivity index (χ4n) is 6.09. The van der Waals surface area contributed by atoms with Gasteiger partial charge in [0.1, 0.15) is 36.6 Å². The highest BCUT2D eigenvalue weighted by Crippen LogP contribution is 2.36. The van der Waals surface area contributed by atoms with E-state index in [-0.39, 0.29) is 38.9 Å². The number of aliphatic hydroxyl groups excluding tert-OH is 6. The number of carbonyl (C=O) groups excluding carboxylic acids is 1. The van der Waals surface area contributed by atoms with Gasteiger partial charge in [-0.1, -0.05) is 0 Å². The number of rotatable bonds is 13. The van der Waals surface area contributed by atoms with E-state index in [2.05, 4.69) is 10.6 Å². The van der Waals surface area contributed by atoms with E-state index in [1.54, 1.807) is 0 Å². The molecule has 4 aliphatic rings. The Morgan fingerprint density at radius 2 is 1.58 bits per heavy atom. The number of nitrogens with two attached hydrogens (primary N) is 5.